The average molecular weight is 644 g/mol. The van der Waals surface area contributed by atoms with Crippen molar-refractivity contribution in [2.75, 3.05) is 14.2 Å². The standard InChI is InChI=1S/C25H25N3O3.2C2HF3O2/c1-29-24-11-17-9-19(10-18(17)12-25(24)30-2)26-14-16-3-5-20(6-4-16)31-21-7-8-22-23(13-21)28-15-27-22;2*3-2(4,5)1(6)7/h3-8,11-13,15,19,26H,9-10,14H2,1-2H3,(H,27,28);2*(H,6,7). The van der Waals surface area contributed by atoms with E-state index in [1.54, 1.807) is 20.5 Å². The molecule has 0 atom stereocenters. The number of fused-ring (bicyclic) bond motifs is 2. The molecule has 0 unspecified atom stereocenters. The number of halogens is 6. The Morgan fingerprint density at radius 2 is 1.33 bits per heavy atom. The molecular weight excluding hydrogens is 616 g/mol. The normalized spacial score (nSPS) is 12.7. The van der Waals surface area contributed by atoms with Crippen LogP contribution in [0.4, 0.5) is 26.3 Å². The second-order valence-electron chi connectivity index (χ2n) is 9.40. The van der Waals surface area contributed by atoms with Gasteiger partial charge in [-0.25, -0.2) is 14.6 Å². The van der Waals surface area contributed by atoms with Crippen LogP contribution in [-0.4, -0.2) is 64.7 Å². The van der Waals surface area contributed by atoms with Crippen LogP contribution in [0.1, 0.15) is 16.7 Å². The van der Waals surface area contributed by atoms with Crippen molar-refractivity contribution in [3.05, 3.63) is 77.6 Å². The predicted molar refractivity (Wildman–Crippen MR) is 148 cm³/mol. The molecule has 0 saturated heterocycles. The van der Waals surface area contributed by atoms with Crippen molar-refractivity contribution in [1.82, 2.24) is 15.3 Å². The van der Waals surface area contributed by atoms with E-state index in [1.807, 2.05) is 30.3 Å². The molecule has 0 radical (unpaired) electrons. The molecule has 16 heteroatoms. The molecule has 1 aliphatic carbocycles. The van der Waals surface area contributed by atoms with Crippen LogP contribution in [0.25, 0.3) is 11.0 Å². The maximum Gasteiger partial charge on any atom is 0.490 e. The molecule has 0 fully saturated rings. The Morgan fingerprint density at radius 1 is 0.844 bits per heavy atom. The maximum atomic E-state index is 10.6. The molecule has 4 aromatic rings. The molecule has 3 aromatic carbocycles. The molecule has 0 aliphatic heterocycles. The van der Waals surface area contributed by atoms with Crippen molar-refractivity contribution in [3.8, 4) is 23.0 Å². The third-order valence-electron chi connectivity index (χ3n) is 6.27. The third kappa shape index (κ3) is 10.0. The van der Waals surface area contributed by atoms with Gasteiger partial charge >= 0.3 is 24.3 Å². The number of imidazole rings is 1. The van der Waals surface area contributed by atoms with Gasteiger partial charge in [0, 0.05) is 18.7 Å². The van der Waals surface area contributed by atoms with Crippen molar-refractivity contribution in [1.29, 1.82) is 0 Å². The summed E-state index contributed by atoms with van der Waals surface area (Å²) in [6.07, 6.45) is -6.49. The van der Waals surface area contributed by atoms with Gasteiger partial charge in [-0.2, -0.15) is 26.3 Å². The van der Waals surface area contributed by atoms with Gasteiger partial charge in [-0.15, -0.1) is 0 Å². The first-order valence-corrected chi connectivity index (χ1v) is 12.9. The third-order valence-corrected chi connectivity index (χ3v) is 6.27. The Kier molecular flexibility index (Phi) is 11.2. The van der Waals surface area contributed by atoms with E-state index in [0.717, 1.165) is 53.4 Å². The van der Waals surface area contributed by atoms with Crippen molar-refractivity contribution in [2.45, 2.75) is 37.8 Å². The fraction of sp³-hybridized carbons (Fsp3) is 0.276. The van der Waals surface area contributed by atoms with Gasteiger partial charge in [-0.05, 0) is 65.9 Å². The number of carbonyl (C=O) groups is 2. The smallest absolute Gasteiger partial charge is 0.490 e. The summed E-state index contributed by atoms with van der Waals surface area (Å²) in [6.45, 7) is 0.813. The minimum atomic E-state index is -5.08. The number of ether oxygens (including phenoxy) is 3. The van der Waals surface area contributed by atoms with Crippen LogP contribution in [0.2, 0.25) is 0 Å². The molecular formula is C29H27F6N3O7. The number of carboxylic acids is 2. The van der Waals surface area contributed by atoms with Gasteiger partial charge in [-0.3, -0.25) is 0 Å². The van der Waals surface area contributed by atoms with Crippen LogP contribution in [0.15, 0.2) is 60.9 Å². The number of rotatable bonds is 7. The summed E-state index contributed by atoms with van der Waals surface area (Å²) < 4.78 is 80.3. The predicted octanol–water partition coefficient (Wildman–Crippen LogP) is 5.90. The second-order valence-corrected chi connectivity index (χ2v) is 9.40. The lowest BCUT2D eigenvalue weighted by Gasteiger charge is -2.12. The monoisotopic (exact) mass is 643 g/mol. The zero-order valence-electron chi connectivity index (χ0n) is 23.6. The number of alkyl halides is 6. The molecule has 242 valence electrons. The first kappa shape index (κ1) is 34.5. The molecule has 1 aliphatic rings. The number of nitrogens with zero attached hydrogens (tertiary/aromatic N) is 1. The minimum Gasteiger partial charge on any atom is -0.493 e. The number of hydrogen-bond donors (Lipinski definition) is 4. The first-order valence-electron chi connectivity index (χ1n) is 12.9. The lowest BCUT2D eigenvalue weighted by molar-refractivity contribution is -0.193. The van der Waals surface area contributed by atoms with Crippen LogP contribution in [0, 0.1) is 0 Å². The van der Waals surface area contributed by atoms with Crippen molar-refractivity contribution in [3.63, 3.8) is 0 Å². The number of aliphatic carboxylic acids is 2. The summed E-state index contributed by atoms with van der Waals surface area (Å²) >= 11 is 0. The van der Waals surface area contributed by atoms with Gasteiger partial charge in [0.1, 0.15) is 11.5 Å². The molecule has 0 spiro atoms. The molecule has 1 aromatic heterocycles. The van der Waals surface area contributed by atoms with E-state index in [-0.39, 0.29) is 0 Å². The number of benzene rings is 3. The quantitative estimate of drug-likeness (QED) is 0.181. The summed E-state index contributed by atoms with van der Waals surface area (Å²) in [4.78, 5) is 25.1. The highest BCUT2D eigenvalue weighted by Crippen LogP contribution is 2.35. The number of nitrogens with one attached hydrogen (secondary N) is 2. The van der Waals surface area contributed by atoms with Crippen molar-refractivity contribution in [2.24, 2.45) is 0 Å². The molecule has 0 saturated carbocycles. The van der Waals surface area contributed by atoms with E-state index in [4.69, 9.17) is 34.0 Å². The second kappa shape index (κ2) is 14.7. The van der Waals surface area contributed by atoms with E-state index < -0.39 is 24.3 Å². The Morgan fingerprint density at radius 3 is 1.80 bits per heavy atom. The average Bonchev–Trinajstić information content (AvgIpc) is 3.61. The summed E-state index contributed by atoms with van der Waals surface area (Å²) in [5.41, 5.74) is 5.77. The van der Waals surface area contributed by atoms with E-state index in [1.165, 1.54) is 16.7 Å². The van der Waals surface area contributed by atoms with Gasteiger partial charge in [0.25, 0.3) is 0 Å². The van der Waals surface area contributed by atoms with E-state index in [0.29, 0.717) is 6.04 Å². The van der Waals surface area contributed by atoms with Crippen LogP contribution in [0.3, 0.4) is 0 Å². The Labute approximate surface area is 251 Å². The summed E-state index contributed by atoms with van der Waals surface area (Å²) in [5.74, 6) is -2.32. The fourth-order valence-corrected chi connectivity index (χ4v) is 4.14. The highest BCUT2D eigenvalue weighted by Gasteiger charge is 2.38. The molecule has 5 rings (SSSR count). The molecule has 4 N–H and O–H groups in total. The van der Waals surface area contributed by atoms with Crippen LogP contribution in [-0.2, 0) is 29.0 Å². The van der Waals surface area contributed by atoms with Gasteiger partial charge < -0.3 is 34.7 Å². The number of hydrogen-bond acceptors (Lipinski definition) is 7. The maximum absolute atomic E-state index is 10.6. The Bertz CT molecular complexity index is 1550. The van der Waals surface area contributed by atoms with Gasteiger partial charge in [0.2, 0.25) is 0 Å². The molecule has 0 bridgehead atoms. The molecule has 45 heavy (non-hydrogen) atoms. The van der Waals surface area contributed by atoms with Gasteiger partial charge in [0.05, 0.1) is 31.6 Å². The van der Waals surface area contributed by atoms with Crippen LogP contribution in [0.5, 0.6) is 23.0 Å². The Hall–Kier alpha value is -4.99. The number of aromatic amines is 1. The van der Waals surface area contributed by atoms with E-state index in [2.05, 4.69) is 39.6 Å². The molecule has 10 nitrogen and oxygen atoms in total. The zero-order chi connectivity index (χ0) is 33.4. The number of aromatic nitrogens is 2. The Balaban J connectivity index is 0.000000331. The minimum absolute atomic E-state index is 0.406. The number of H-pyrrole nitrogens is 1. The summed E-state index contributed by atoms with van der Waals surface area (Å²) in [6, 6.07) is 18.7. The lowest BCUT2D eigenvalue weighted by atomic mass is 10.1. The van der Waals surface area contributed by atoms with Crippen molar-refractivity contribution >= 4 is 23.0 Å². The fourth-order valence-electron chi connectivity index (χ4n) is 4.14. The topological polar surface area (TPSA) is 143 Å². The zero-order valence-corrected chi connectivity index (χ0v) is 23.6. The van der Waals surface area contributed by atoms with E-state index in [9.17, 15) is 26.3 Å². The van der Waals surface area contributed by atoms with Gasteiger partial charge in [-0.1, -0.05) is 12.1 Å². The van der Waals surface area contributed by atoms with Crippen LogP contribution < -0.4 is 19.5 Å². The van der Waals surface area contributed by atoms with Crippen molar-refractivity contribution < 1.29 is 60.4 Å². The van der Waals surface area contributed by atoms with Gasteiger partial charge in [0.15, 0.2) is 11.5 Å². The number of methoxy groups -OCH3 is 2. The first-order chi connectivity index (χ1) is 21.1. The highest BCUT2D eigenvalue weighted by atomic mass is 19.4. The molecule has 0 amide bonds. The van der Waals surface area contributed by atoms with Crippen LogP contribution >= 0.6 is 0 Å². The highest BCUT2D eigenvalue weighted by molar-refractivity contribution is 5.76. The SMILES string of the molecule is COc1cc2c(cc1OC)CC(NCc1ccc(Oc3ccc4nc[nH]c4c3)cc1)C2.O=C(O)C(F)(F)F.O=C(O)C(F)(F)F. The molecule has 1 heterocycles. The number of carboxylic acid groups (broad SMARTS) is 2. The van der Waals surface area contributed by atoms with E-state index >= 15 is 0 Å². The lowest BCUT2D eigenvalue weighted by Crippen LogP contribution is -2.28. The summed E-state index contributed by atoms with van der Waals surface area (Å²) in [5, 5.41) is 17.9. The summed E-state index contributed by atoms with van der Waals surface area (Å²) in [7, 11) is 3.36. The largest absolute Gasteiger partial charge is 0.493 e.